The van der Waals surface area contributed by atoms with Crippen molar-refractivity contribution in [2.45, 2.75) is 6.10 Å². The fraction of sp³-hybridized carbons (Fsp3) is 0.118. The lowest BCUT2D eigenvalue weighted by molar-refractivity contribution is -0.147. The van der Waals surface area contributed by atoms with Crippen LogP contribution in [0.15, 0.2) is 54.6 Å². The van der Waals surface area contributed by atoms with E-state index in [1.807, 2.05) is 0 Å². The van der Waals surface area contributed by atoms with Gasteiger partial charge in [0.15, 0.2) is 5.96 Å². The normalized spacial score (nSPS) is 11.4. The molecular weight excluding hydrogens is 390 g/mol. The minimum absolute atomic E-state index is 0.196. The summed E-state index contributed by atoms with van der Waals surface area (Å²) in [4.78, 5) is 23.4. The Bertz CT molecular complexity index is 921. The second kappa shape index (κ2) is 10.0. The van der Waals surface area contributed by atoms with Crippen LogP contribution in [-0.4, -0.2) is 42.2 Å². The molecule has 2 aromatic carbocycles. The summed E-state index contributed by atoms with van der Waals surface area (Å²) < 4.78 is 30.9. The Morgan fingerprint density at radius 1 is 1.11 bits per heavy atom. The summed E-state index contributed by atoms with van der Waals surface area (Å²) in [5, 5.41) is 18.9. The summed E-state index contributed by atoms with van der Waals surface area (Å²) in [6, 6.07) is 14.2. The van der Waals surface area contributed by atoms with E-state index in [9.17, 15) is 23.1 Å². The molecule has 0 aliphatic rings. The van der Waals surface area contributed by atoms with Crippen molar-refractivity contribution < 1.29 is 32.4 Å². The summed E-state index contributed by atoms with van der Waals surface area (Å²) in [6.07, 6.45) is -0.661. The zero-order chi connectivity index (χ0) is 21.3. The Morgan fingerprint density at radius 2 is 1.61 bits per heavy atom. The number of carbonyl (C=O) groups is 2. The third-order valence-electron chi connectivity index (χ3n) is 2.95. The molecule has 0 saturated carbocycles. The van der Waals surface area contributed by atoms with Crippen LogP contribution in [0.3, 0.4) is 0 Å². The number of anilines is 1. The van der Waals surface area contributed by atoms with Crippen LogP contribution in [0.25, 0.3) is 0 Å². The lowest BCUT2D eigenvalue weighted by Crippen LogP contribution is -2.21. The number of carbonyl (C=O) groups excluding carboxylic acids is 1. The van der Waals surface area contributed by atoms with E-state index < -0.39 is 28.2 Å². The van der Waals surface area contributed by atoms with Gasteiger partial charge in [-0.1, -0.05) is 30.3 Å². The lowest BCUT2D eigenvalue weighted by atomic mass is 10.1. The van der Waals surface area contributed by atoms with Gasteiger partial charge in [0.2, 0.25) is 6.10 Å². The topological polar surface area (TPSA) is 180 Å². The van der Waals surface area contributed by atoms with Crippen molar-refractivity contribution in [2.24, 2.45) is 5.73 Å². The number of rotatable bonds is 5. The molecule has 2 rings (SSSR count). The van der Waals surface area contributed by atoms with Crippen LogP contribution in [-0.2, 0) is 19.6 Å². The first-order chi connectivity index (χ1) is 13.0. The quantitative estimate of drug-likeness (QED) is 0.211. The van der Waals surface area contributed by atoms with Crippen molar-refractivity contribution in [3.8, 4) is 0 Å². The predicted octanol–water partition coefficient (Wildman–Crippen LogP) is 1.48. The summed E-state index contributed by atoms with van der Waals surface area (Å²) in [5.41, 5.74) is 6.31. The van der Waals surface area contributed by atoms with Gasteiger partial charge in [-0.15, -0.1) is 0 Å². The highest BCUT2D eigenvalue weighted by Crippen LogP contribution is 2.20. The monoisotopic (exact) mass is 409 g/mol. The van der Waals surface area contributed by atoms with Gasteiger partial charge in [0, 0.05) is 11.3 Å². The van der Waals surface area contributed by atoms with Crippen LogP contribution in [0.1, 0.15) is 22.0 Å². The molecule has 0 radical (unpaired) electrons. The standard InChI is InChI=1S/C16H15N3O4.CH4O3S/c17-16(18)19-12-8-6-11(7-9-12)15(22)23-13(14(20)21)10-4-2-1-3-5-10;1-5(2,3)4/h1-9,13H,(H,20,21)(H4,17,18,19);1H3,(H,2,3,4). The third-order valence-corrected chi connectivity index (χ3v) is 2.95. The number of nitrogens with one attached hydrogen (secondary N) is 2. The zero-order valence-corrected chi connectivity index (χ0v) is 15.5. The van der Waals surface area contributed by atoms with Gasteiger partial charge in [-0.25, -0.2) is 9.59 Å². The second-order valence-electron chi connectivity index (χ2n) is 5.38. The Morgan fingerprint density at radius 3 is 2.04 bits per heavy atom. The second-order valence-corrected chi connectivity index (χ2v) is 6.85. The first kappa shape index (κ1) is 22.6. The van der Waals surface area contributed by atoms with E-state index in [2.05, 4.69) is 5.32 Å². The summed E-state index contributed by atoms with van der Waals surface area (Å²) in [5.74, 6) is -2.23. The van der Waals surface area contributed by atoms with E-state index in [-0.39, 0.29) is 11.5 Å². The smallest absolute Gasteiger partial charge is 0.349 e. The van der Waals surface area contributed by atoms with Gasteiger partial charge in [0.1, 0.15) is 0 Å². The minimum Gasteiger partial charge on any atom is -0.478 e. The van der Waals surface area contributed by atoms with E-state index in [1.165, 1.54) is 24.3 Å². The fourth-order valence-electron chi connectivity index (χ4n) is 1.91. The molecule has 150 valence electrons. The van der Waals surface area contributed by atoms with Crippen LogP contribution in [0.2, 0.25) is 0 Å². The van der Waals surface area contributed by atoms with Crippen molar-refractivity contribution >= 4 is 33.7 Å². The Labute approximate surface area is 161 Å². The molecule has 0 aromatic heterocycles. The van der Waals surface area contributed by atoms with Gasteiger partial charge >= 0.3 is 11.9 Å². The number of nitrogens with two attached hydrogens (primary N) is 1. The molecule has 0 spiro atoms. The molecule has 10 nitrogen and oxygen atoms in total. The summed E-state index contributed by atoms with van der Waals surface area (Å²) >= 11 is 0. The first-order valence-corrected chi connectivity index (χ1v) is 9.44. The molecule has 0 saturated heterocycles. The lowest BCUT2D eigenvalue weighted by Gasteiger charge is -2.14. The molecule has 1 atom stereocenters. The minimum atomic E-state index is -3.67. The third kappa shape index (κ3) is 8.78. The largest absolute Gasteiger partial charge is 0.478 e. The van der Waals surface area contributed by atoms with Crippen molar-refractivity contribution in [3.63, 3.8) is 0 Å². The molecule has 0 heterocycles. The van der Waals surface area contributed by atoms with E-state index in [4.69, 9.17) is 20.4 Å². The molecule has 0 fully saturated rings. The molecule has 0 bridgehead atoms. The summed E-state index contributed by atoms with van der Waals surface area (Å²) in [7, 11) is -3.67. The highest BCUT2D eigenvalue weighted by atomic mass is 32.2. The number of esters is 1. The van der Waals surface area contributed by atoms with Gasteiger partial charge in [-0.05, 0) is 24.3 Å². The van der Waals surface area contributed by atoms with E-state index in [0.29, 0.717) is 17.5 Å². The molecule has 0 aliphatic heterocycles. The molecule has 11 heteroatoms. The maximum absolute atomic E-state index is 12.1. The zero-order valence-electron chi connectivity index (χ0n) is 14.7. The fourth-order valence-corrected chi connectivity index (χ4v) is 1.91. The molecule has 2 aromatic rings. The first-order valence-electron chi connectivity index (χ1n) is 7.59. The average molecular weight is 409 g/mol. The van der Waals surface area contributed by atoms with Gasteiger partial charge in [0.25, 0.3) is 10.1 Å². The Hall–Kier alpha value is -3.44. The van der Waals surface area contributed by atoms with E-state index >= 15 is 0 Å². The number of guanidine groups is 1. The van der Waals surface area contributed by atoms with Gasteiger partial charge in [-0.2, -0.15) is 8.42 Å². The summed E-state index contributed by atoms with van der Waals surface area (Å²) in [6.45, 7) is 0. The van der Waals surface area contributed by atoms with Gasteiger partial charge < -0.3 is 20.9 Å². The predicted molar refractivity (Wildman–Crippen MR) is 102 cm³/mol. The number of benzene rings is 2. The molecular formula is C17H19N3O7S. The number of aliphatic carboxylic acids is 1. The van der Waals surface area contributed by atoms with Gasteiger partial charge in [-0.3, -0.25) is 9.96 Å². The van der Waals surface area contributed by atoms with Crippen LogP contribution < -0.4 is 11.1 Å². The van der Waals surface area contributed by atoms with E-state index in [0.717, 1.165) is 0 Å². The molecule has 0 amide bonds. The molecule has 28 heavy (non-hydrogen) atoms. The average Bonchev–Trinajstić information content (AvgIpc) is 2.58. The molecule has 6 N–H and O–H groups in total. The van der Waals surface area contributed by atoms with Crippen molar-refractivity contribution in [2.75, 3.05) is 11.6 Å². The van der Waals surface area contributed by atoms with Crippen LogP contribution in [0.4, 0.5) is 5.69 Å². The molecule has 0 aliphatic carbocycles. The van der Waals surface area contributed by atoms with Gasteiger partial charge in [0.05, 0.1) is 11.8 Å². The number of hydrogen-bond donors (Lipinski definition) is 5. The maximum atomic E-state index is 12.1. The maximum Gasteiger partial charge on any atom is 0.349 e. The van der Waals surface area contributed by atoms with Crippen molar-refractivity contribution in [1.82, 2.24) is 0 Å². The SMILES string of the molecule is CS(=O)(=O)O.N=C(N)Nc1ccc(C(=O)OC(C(=O)O)c2ccccc2)cc1. The van der Waals surface area contributed by atoms with Crippen LogP contribution in [0.5, 0.6) is 0 Å². The van der Waals surface area contributed by atoms with Crippen molar-refractivity contribution in [3.05, 3.63) is 65.7 Å². The van der Waals surface area contributed by atoms with Crippen LogP contribution >= 0.6 is 0 Å². The molecule has 1 unspecified atom stereocenters. The Balaban J connectivity index is 0.000000696. The van der Waals surface area contributed by atoms with Crippen LogP contribution in [0, 0.1) is 5.41 Å². The number of carboxylic acid groups (broad SMARTS) is 1. The number of carboxylic acids is 1. The Kier molecular flexibility index (Phi) is 8.10. The number of ether oxygens (including phenoxy) is 1. The highest BCUT2D eigenvalue weighted by Gasteiger charge is 2.24. The van der Waals surface area contributed by atoms with E-state index in [1.54, 1.807) is 30.3 Å². The highest BCUT2D eigenvalue weighted by molar-refractivity contribution is 7.85. The number of hydrogen-bond acceptors (Lipinski definition) is 6. The van der Waals surface area contributed by atoms with Crippen molar-refractivity contribution in [1.29, 1.82) is 5.41 Å².